The number of hydrogen-bond donors (Lipinski definition) is 2. The minimum Gasteiger partial charge on any atom is -0.348 e. The summed E-state index contributed by atoms with van der Waals surface area (Å²) in [7, 11) is 0. The summed E-state index contributed by atoms with van der Waals surface area (Å²) in [6.45, 7) is -0.401. The number of hydrogen-bond acceptors (Lipinski definition) is 3. The zero-order chi connectivity index (χ0) is 22.5. The predicted molar refractivity (Wildman–Crippen MR) is 93.9 cm³/mol. The Kier molecular flexibility index (Phi) is 5.06. The first kappa shape index (κ1) is 21.0. The number of rotatable bonds is 1. The van der Waals surface area contributed by atoms with Crippen LogP contribution in [0.4, 0.5) is 36.8 Å². The number of urea groups is 1. The van der Waals surface area contributed by atoms with Gasteiger partial charge in [-0.3, -0.25) is 9.48 Å². The standard InChI is InChI=1S/C18H15F6N5O2/c19-8-5-25-16(30)15-9-7-28(2-1-13(9)27-29(15)6-8)17(31)26-14-3-10(18(22,23)24)11(20)4-12(14)21/h3-4,8H,1-2,5-7H2,(H,25,30)(H,26,31). The van der Waals surface area contributed by atoms with E-state index in [0.29, 0.717) is 11.3 Å². The zero-order valence-electron chi connectivity index (χ0n) is 15.7. The predicted octanol–water partition coefficient (Wildman–Crippen LogP) is 2.85. The van der Waals surface area contributed by atoms with Gasteiger partial charge in [-0.05, 0) is 6.07 Å². The second-order valence-corrected chi connectivity index (χ2v) is 7.17. The van der Waals surface area contributed by atoms with E-state index in [1.807, 2.05) is 5.32 Å². The van der Waals surface area contributed by atoms with Crippen molar-refractivity contribution in [3.63, 3.8) is 0 Å². The molecule has 1 unspecified atom stereocenters. The number of benzene rings is 1. The van der Waals surface area contributed by atoms with Crippen LogP contribution in [-0.4, -0.2) is 45.9 Å². The number of carbonyl (C=O) groups excluding carboxylic acids is 2. The summed E-state index contributed by atoms with van der Waals surface area (Å²) < 4.78 is 81.1. The van der Waals surface area contributed by atoms with E-state index in [2.05, 4.69) is 10.4 Å². The fourth-order valence-electron chi connectivity index (χ4n) is 3.58. The van der Waals surface area contributed by atoms with Gasteiger partial charge in [-0.2, -0.15) is 18.3 Å². The molecule has 2 aliphatic rings. The monoisotopic (exact) mass is 447 g/mol. The van der Waals surface area contributed by atoms with Crippen LogP contribution < -0.4 is 10.6 Å². The largest absolute Gasteiger partial charge is 0.419 e. The number of aromatic nitrogens is 2. The van der Waals surface area contributed by atoms with Gasteiger partial charge in [0.2, 0.25) is 0 Å². The summed E-state index contributed by atoms with van der Waals surface area (Å²) in [5.41, 5.74) is -1.58. The van der Waals surface area contributed by atoms with Crippen LogP contribution in [-0.2, 0) is 25.7 Å². The highest BCUT2D eigenvalue weighted by molar-refractivity contribution is 5.95. The third-order valence-corrected chi connectivity index (χ3v) is 5.06. The van der Waals surface area contributed by atoms with Crippen molar-refractivity contribution in [3.05, 3.63) is 46.3 Å². The molecule has 1 atom stereocenters. The van der Waals surface area contributed by atoms with Crippen molar-refractivity contribution in [2.75, 3.05) is 18.4 Å². The summed E-state index contributed by atoms with van der Waals surface area (Å²) in [6.07, 6.45) is -6.21. The van der Waals surface area contributed by atoms with E-state index in [0.717, 1.165) is 4.90 Å². The molecule has 0 radical (unpaired) electrons. The third kappa shape index (κ3) is 3.91. The highest BCUT2D eigenvalue weighted by Gasteiger charge is 2.36. The van der Waals surface area contributed by atoms with Crippen molar-refractivity contribution < 1.29 is 35.9 Å². The molecule has 3 amide bonds. The molecule has 0 aliphatic carbocycles. The maximum absolute atomic E-state index is 14.0. The van der Waals surface area contributed by atoms with Gasteiger partial charge in [0, 0.05) is 24.6 Å². The second-order valence-electron chi connectivity index (χ2n) is 7.17. The summed E-state index contributed by atoms with van der Waals surface area (Å²) in [5, 5.41) is 8.65. The minimum absolute atomic E-state index is 0.0437. The molecular formula is C18H15F6N5O2. The summed E-state index contributed by atoms with van der Waals surface area (Å²) in [4.78, 5) is 26.0. The van der Waals surface area contributed by atoms with Crippen molar-refractivity contribution in [1.29, 1.82) is 0 Å². The molecule has 2 aromatic rings. The van der Waals surface area contributed by atoms with E-state index >= 15 is 0 Å². The number of fused-ring (bicyclic) bond motifs is 3. The van der Waals surface area contributed by atoms with Gasteiger partial charge in [-0.25, -0.2) is 18.0 Å². The molecule has 0 saturated heterocycles. The van der Waals surface area contributed by atoms with E-state index in [-0.39, 0.29) is 50.4 Å². The minimum atomic E-state index is -5.07. The molecule has 7 nitrogen and oxygen atoms in total. The number of anilines is 1. The Bertz CT molecular complexity index is 1070. The molecule has 0 saturated carbocycles. The van der Waals surface area contributed by atoms with Crippen LogP contribution in [0.1, 0.15) is 27.3 Å². The second kappa shape index (κ2) is 7.46. The first-order valence-corrected chi connectivity index (χ1v) is 9.17. The molecule has 2 N–H and O–H groups in total. The number of alkyl halides is 4. The first-order chi connectivity index (χ1) is 14.5. The normalized spacial score (nSPS) is 18.7. The fraction of sp³-hybridized carbons (Fsp3) is 0.389. The SMILES string of the molecule is O=C1NCC(F)Cn2nc3c(c21)CN(C(=O)Nc1cc(C(F)(F)F)c(F)cc1F)CC3. The molecule has 13 heteroatoms. The summed E-state index contributed by atoms with van der Waals surface area (Å²) in [5.74, 6) is -3.73. The van der Waals surface area contributed by atoms with Crippen LogP contribution >= 0.6 is 0 Å². The van der Waals surface area contributed by atoms with Gasteiger partial charge < -0.3 is 15.5 Å². The fourth-order valence-corrected chi connectivity index (χ4v) is 3.58. The van der Waals surface area contributed by atoms with Gasteiger partial charge in [0.05, 0.1) is 36.6 Å². The average Bonchev–Trinajstić information content (AvgIpc) is 2.96. The van der Waals surface area contributed by atoms with E-state index < -0.39 is 47.2 Å². The van der Waals surface area contributed by atoms with Crippen molar-refractivity contribution in [1.82, 2.24) is 20.0 Å². The van der Waals surface area contributed by atoms with Crippen molar-refractivity contribution in [2.24, 2.45) is 0 Å². The van der Waals surface area contributed by atoms with Crippen molar-refractivity contribution in [2.45, 2.75) is 31.9 Å². The van der Waals surface area contributed by atoms with Crippen LogP contribution in [0.3, 0.4) is 0 Å². The maximum atomic E-state index is 14.0. The van der Waals surface area contributed by atoms with Crippen molar-refractivity contribution in [3.8, 4) is 0 Å². The molecule has 166 valence electrons. The van der Waals surface area contributed by atoms with Gasteiger partial charge in [-0.1, -0.05) is 0 Å². The van der Waals surface area contributed by atoms with E-state index in [1.165, 1.54) is 4.68 Å². The lowest BCUT2D eigenvalue weighted by Gasteiger charge is -2.27. The number of nitrogens with zero attached hydrogens (tertiary/aromatic N) is 3. The van der Waals surface area contributed by atoms with Crippen LogP contribution in [0.15, 0.2) is 12.1 Å². The van der Waals surface area contributed by atoms with E-state index in [1.54, 1.807) is 0 Å². The van der Waals surface area contributed by atoms with Crippen LogP contribution in [0.2, 0.25) is 0 Å². The molecule has 0 fully saturated rings. The van der Waals surface area contributed by atoms with Gasteiger partial charge in [0.1, 0.15) is 23.5 Å². The third-order valence-electron chi connectivity index (χ3n) is 5.06. The molecule has 4 rings (SSSR count). The summed E-state index contributed by atoms with van der Waals surface area (Å²) >= 11 is 0. The Labute approximate surface area is 171 Å². The van der Waals surface area contributed by atoms with Gasteiger partial charge in [0.25, 0.3) is 5.91 Å². The highest BCUT2D eigenvalue weighted by Crippen LogP contribution is 2.34. The van der Waals surface area contributed by atoms with Crippen LogP contribution in [0, 0.1) is 11.6 Å². The Balaban J connectivity index is 1.57. The lowest BCUT2D eigenvalue weighted by atomic mass is 10.1. The highest BCUT2D eigenvalue weighted by atomic mass is 19.4. The average molecular weight is 447 g/mol. The van der Waals surface area contributed by atoms with Crippen molar-refractivity contribution >= 4 is 17.6 Å². The molecular weight excluding hydrogens is 432 g/mol. The molecule has 0 spiro atoms. The van der Waals surface area contributed by atoms with Crippen LogP contribution in [0.5, 0.6) is 0 Å². The topological polar surface area (TPSA) is 79.3 Å². The van der Waals surface area contributed by atoms with Gasteiger partial charge >= 0.3 is 12.2 Å². The number of amides is 3. The Hall–Kier alpha value is -3.25. The molecule has 1 aromatic heterocycles. The maximum Gasteiger partial charge on any atom is 0.419 e. The Morgan fingerprint density at radius 3 is 2.68 bits per heavy atom. The summed E-state index contributed by atoms with van der Waals surface area (Å²) in [6, 6.07) is -0.720. The molecule has 2 aliphatic heterocycles. The van der Waals surface area contributed by atoms with E-state index in [9.17, 15) is 35.9 Å². The van der Waals surface area contributed by atoms with E-state index in [4.69, 9.17) is 0 Å². The number of carbonyl (C=O) groups is 2. The van der Waals surface area contributed by atoms with Crippen LogP contribution in [0.25, 0.3) is 0 Å². The zero-order valence-corrected chi connectivity index (χ0v) is 15.7. The lowest BCUT2D eigenvalue weighted by Crippen LogP contribution is -2.39. The smallest absolute Gasteiger partial charge is 0.348 e. The number of nitrogens with one attached hydrogen (secondary N) is 2. The quantitative estimate of drug-likeness (QED) is 0.660. The number of halogens is 6. The first-order valence-electron chi connectivity index (χ1n) is 9.17. The Morgan fingerprint density at radius 1 is 1.23 bits per heavy atom. The molecule has 1 aromatic carbocycles. The lowest BCUT2D eigenvalue weighted by molar-refractivity contribution is -0.140. The molecule has 31 heavy (non-hydrogen) atoms. The molecule has 3 heterocycles. The molecule has 0 bridgehead atoms. The van der Waals surface area contributed by atoms with Gasteiger partial charge in [-0.15, -0.1) is 0 Å². The Morgan fingerprint density at radius 2 is 1.97 bits per heavy atom. The van der Waals surface area contributed by atoms with Gasteiger partial charge in [0.15, 0.2) is 0 Å².